The van der Waals surface area contributed by atoms with Gasteiger partial charge >= 0.3 is 0 Å². The van der Waals surface area contributed by atoms with Crippen molar-refractivity contribution in [2.24, 2.45) is 0 Å². The summed E-state index contributed by atoms with van der Waals surface area (Å²) in [6.07, 6.45) is 0.811. The van der Waals surface area contributed by atoms with Gasteiger partial charge < -0.3 is 10.2 Å². The van der Waals surface area contributed by atoms with Gasteiger partial charge in [0.05, 0.1) is 5.75 Å². The summed E-state index contributed by atoms with van der Waals surface area (Å²) in [5.41, 5.74) is 1.59. The number of thioether (sulfide) groups is 1. The van der Waals surface area contributed by atoms with Crippen LogP contribution >= 0.6 is 46.6 Å². The molecule has 0 aliphatic carbocycles. The molecule has 2 aromatic rings. The Morgan fingerprint density at radius 2 is 1.61 bits per heavy atom. The van der Waals surface area contributed by atoms with Crippen LogP contribution in [0.3, 0.4) is 0 Å². The smallest absolute Gasteiger partial charge is 0.242 e. The molecule has 0 aliphatic rings. The Balaban J connectivity index is 2.13. The van der Waals surface area contributed by atoms with E-state index >= 15 is 0 Å². The monoisotopic (exact) mass is 500 g/mol. The second kappa shape index (κ2) is 12.6. The quantitative estimate of drug-likeness (QED) is 0.421. The van der Waals surface area contributed by atoms with Gasteiger partial charge in [-0.2, -0.15) is 0 Å². The van der Waals surface area contributed by atoms with E-state index in [1.807, 2.05) is 32.0 Å². The van der Waals surface area contributed by atoms with Crippen molar-refractivity contribution in [3.05, 3.63) is 68.7 Å². The number of nitrogens with one attached hydrogen (secondary N) is 1. The van der Waals surface area contributed by atoms with Crippen LogP contribution in [0, 0.1) is 0 Å². The first-order chi connectivity index (χ1) is 14.7. The number of nitrogens with zero attached hydrogens (tertiary/aromatic N) is 1. The van der Waals surface area contributed by atoms with E-state index in [1.165, 1.54) is 11.8 Å². The first-order valence-corrected chi connectivity index (χ1v) is 12.4. The van der Waals surface area contributed by atoms with Crippen molar-refractivity contribution in [2.75, 3.05) is 5.75 Å². The third kappa shape index (κ3) is 7.60. The molecule has 4 nitrogen and oxygen atoms in total. The van der Waals surface area contributed by atoms with Crippen molar-refractivity contribution in [1.82, 2.24) is 10.2 Å². The Hall–Kier alpha value is -1.40. The molecule has 0 spiro atoms. The molecule has 0 saturated heterocycles. The molecular formula is C23H27Cl3N2O2S. The second-order valence-electron chi connectivity index (χ2n) is 7.30. The van der Waals surface area contributed by atoms with Gasteiger partial charge in [0.15, 0.2) is 0 Å². The normalized spacial score (nSPS) is 12.8. The van der Waals surface area contributed by atoms with Crippen LogP contribution in [-0.4, -0.2) is 34.6 Å². The number of hydrogen-bond acceptors (Lipinski definition) is 3. The molecule has 8 heteroatoms. The molecule has 2 aromatic carbocycles. The minimum absolute atomic E-state index is 0.0314. The van der Waals surface area contributed by atoms with Gasteiger partial charge in [-0.25, -0.2) is 0 Å². The van der Waals surface area contributed by atoms with E-state index in [0.29, 0.717) is 20.8 Å². The summed E-state index contributed by atoms with van der Waals surface area (Å²) in [5.74, 6) is 0.346. The predicted octanol–water partition coefficient (Wildman–Crippen LogP) is 6.21. The van der Waals surface area contributed by atoms with Gasteiger partial charge in [0.2, 0.25) is 11.8 Å². The number of carbonyl (C=O) groups is 2. The molecule has 2 rings (SSSR count). The molecule has 0 heterocycles. The lowest BCUT2D eigenvalue weighted by Crippen LogP contribution is -2.50. The summed E-state index contributed by atoms with van der Waals surface area (Å²) < 4.78 is 0. The zero-order valence-electron chi connectivity index (χ0n) is 17.8. The lowest BCUT2D eigenvalue weighted by Gasteiger charge is -2.30. The largest absolute Gasteiger partial charge is 0.352 e. The topological polar surface area (TPSA) is 49.4 Å². The van der Waals surface area contributed by atoms with Crippen molar-refractivity contribution in [1.29, 1.82) is 0 Å². The van der Waals surface area contributed by atoms with E-state index in [2.05, 4.69) is 5.32 Å². The van der Waals surface area contributed by atoms with Crippen molar-refractivity contribution in [2.45, 2.75) is 51.6 Å². The van der Waals surface area contributed by atoms with Crippen LogP contribution < -0.4 is 5.32 Å². The Labute approximate surface area is 203 Å². The van der Waals surface area contributed by atoms with Crippen molar-refractivity contribution in [3.8, 4) is 0 Å². The van der Waals surface area contributed by atoms with E-state index in [-0.39, 0.29) is 30.2 Å². The van der Waals surface area contributed by atoms with E-state index < -0.39 is 6.04 Å². The highest BCUT2D eigenvalue weighted by Crippen LogP contribution is 2.28. The maximum absolute atomic E-state index is 13.1. The molecule has 0 fully saturated rings. The number of benzene rings is 2. The summed E-state index contributed by atoms with van der Waals surface area (Å²) in [7, 11) is 0. The third-order valence-electron chi connectivity index (χ3n) is 5.00. The lowest BCUT2D eigenvalue weighted by molar-refractivity contribution is -0.138. The molecule has 2 atom stereocenters. The standard InChI is InChI=1S/C23H27Cl3N2O2S/c1-4-15(2)27-23(30)16(3)28(12-17-8-5-6-9-19(17)24)22(29)14-31-13-18-20(25)10-7-11-21(18)26/h5-11,15-16H,4,12-14H2,1-3H3,(H,27,30)/t15-,16-/m0/s1. The second-order valence-corrected chi connectivity index (χ2v) is 9.51. The van der Waals surface area contributed by atoms with Gasteiger partial charge in [0, 0.05) is 33.4 Å². The molecule has 31 heavy (non-hydrogen) atoms. The fourth-order valence-corrected chi connectivity index (χ4v) is 4.69. The van der Waals surface area contributed by atoms with E-state index in [9.17, 15) is 9.59 Å². The van der Waals surface area contributed by atoms with Crippen molar-refractivity contribution in [3.63, 3.8) is 0 Å². The SMILES string of the molecule is CC[C@H](C)NC(=O)[C@H](C)N(Cc1ccccc1Cl)C(=O)CSCc1c(Cl)cccc1Cl. The Morgan fingerprint density at radius 3 is 2.23 bits per heavy atom. The van der Waals surface area contributed by atoms with Crippen LogP contribution in [0.5, 0.6) is 0 Å². The lowest BCUT2D eigenvalue weighted by atomic mass is 10.1. The maximum atomic E-state index is 13.1. The van der Waals surface area contributed by atoms with Crippen molar-refractivity contribution >= 4 is 58.4 Å². The number of amides is 2. The molecular weight excluding hydrogens is 475 g/mol. The zero-order valence-corrected chi connectivity index (χ0v) is 20.9. The molecule has 1 N–H and O–H groups in total. The molecule has 2 amide bonds. The average Bonchev–Trinajstić information content (AvgIpc) is 2.74. The third-order valence-corrected chi connectivity index (χ3v) is 7.02. The minimum atomic E-state index is -0.637. The number of halogens is 3. The fourth-order valence-electron chi connectivity index (χ4n) is 2.85. The molecule has 0 aliphatic heterocycles. The van der Waals surface area contributed by atoms with E-state index in [1.54, 1.807) is 36.1 Å². The average molecular weight is 502 g/mol. The van der Waals surface area contributed by atoms with Gasteiger partial charge in [-0.3, -0.25) is 9.59 Å². The summed E-state index contributed by atoms with van der Waals surface area (Å²) >= 11 is 20.2. The summed E-state index contributed by atoms with van der Waals surface area (Å²) in [4.78, 5) is 27.4. The highest BCUT2D eigenvalue weighted by molar-refractivity contribution is 7.99. The van der Waals surface area contributed by atoms with Gasteiger partial charge in [0.25, 0.3) is 0 Å². The Bertz CT molecular complexity index is 890. The fraction of sp³-hybridized carbons (Fsp3) is 0.391. The zero-order chi connectivity index (χ0) is 23.0. The summed E-state index contributed by atoms with van der Waals surface area (Å²) in [5, 5.41) is 4.66. The van der Waals surface area contributed by atoms with Crippen LogP contribution in [0.15, 0.2) is 42.5 Å². The molecule has 0 unspecified atom stereocenters. The van der Waals surface area contributed by atoms with E-state index in [0.717, 1.165) is 17.5 Å². The number of carbonyl (C=O) groups excluding carboxylic acids is 2. The molecule has 0 bridgehead atoms. The molecule has 168 valence electrons. The van der Waals surface area contributed by atoms with Gasteiger partial charge in [-0.15, -0.1) is 11.8 Å². The van der Waals surface area contributed by atoms with Crippen LogP contribution in [0.25, 0.3) is 0 Å². The highest BCUT2D eigenvalue weighted by Gasteiger charge is 2.27. The van der Waals surface area contributed by atoms with Gasteiger partial charge in [-0.05, 0) is 49.6 Å². The molecule has 0 aromatic heterocycles. The Morgan fingerprint density at radius 1 is 1.00 bits per heavy atom. The minimum Gasteiger partial charge on any atom is -0.352 e. The van der Waals surface area contributed by atoms with Gasteiger partial charge in [-0.1, -0.05) is 66.0 Å². The van der Waals surface area contributed by atoms with Gasteiger partial charge in [0.1, 0.15) is 6.04 Å². The van der Waals surface area contributed by atoms with Crippen LogP contribution in [-0.2, 0) is 21.9 Å². The molecule has 0 radical (unpaired) electrons. The number of hydrogen-bond donors (Lipinski definition) is 1. The van der Waals surface area contributed by atoms with Crippen LogP contribution in [0.1, 0.15) is 38.3 Å². The van der Waals surface area contributed by atoms with Crippen LogP contribution in [0.2, 0.25) is 15.1 Å². The first-order valence-electron chi connectivity index (χ1n) is 10.1. The Kier molecular flexibility index (Phi) is 10.5. The predicted molar refractivity (Wildman–Crippen MR) is 132 cm³/mol. The summed E-state index contributed by atoms with van der Waals surface area (Å²) in [6.45, 7) is 5.93. The van der Waals surface area contributed by atoms with Crippen LogP contribution in [0.4, 0.5) is 0 Å². The summed E-state index contributed by atoms with van der Waals surface area (Å²) in [6, 6.07) is 12.1. The molecule has 0 saturated carbocycles. The maximum Gasteiger partial charge on any atom is 0.242 e. The first kappa shape index (κ1) is 25.9. The number of rotatable bonds is 10. The highest BCUT2D eigenvalue weighted by atomic mass is 35.5. The van der Waals surface area contributed by atoms with Crippen molar-refractivity contribution < 1.29 is 9.59 Å². The van der Waals surface area contributed by atoms with E-state index in [4.69, 9.17) is 34.8 Å².